The zero-order chi connectivity index (χ0) is 14.2. The molecule has 0 amide bonds. The zero-order valence-corrected chi connectivity index (χ0v) is 13.4. The SMILES string of the molecule is Cc1cc(F)cc(C(Br)c2cc(C)c(C)cc2Cl)c1. The van der Waals surface area contributed by atoms with Crippen LogP contribution in [0.25, 0.3) is 0 Å². The molecular weight excluding hydrogens is 327 g/mol. The second kappa shape index (κ2) is 5.64. The fraction of sp³-hybridized carbons (Fsp3) is 0.250. The van der Waals surface area contributed by atoms with Gasteiger partial charge < -0.3 is 0 Å². The van der Waals surface area contributed by atoms with Crippen LogP contribution in [0.3, 0.4) is 0 Å². The summed E-state index contributed by atoms with van der Waals surface area (Å²) in [5.41, 5.74) is 5.08. The highest BCUT2D eigenvalue weighted by Crippen LogP contribution is 2.37. The molecule has 0 aliphatic heterocycles. The van der Waals surface area contributed by atoms with Crippen LogP contribution in [-0.2, 0) is 0 Å². The standard InChI is InChI=1S/C16H15BrClF/c1-9-4-12(8-13(19)5-9)16(17)14-6-10(2)11(3)7-15(14)18/h4-8,16H,1-3H3. The lowest BCUT2D eigenvalue weighted by Gasteiger charge is -2.15. The average molecular weight is 342 g/mol. The van der Waals surface area contributed by atoms with E-state index >= 15 is 0 Å². The highest BCUT2D eigenvalue weighted by molar-refractivity contribution is 9.09. The van der Waals surface area contributed by atoms with Crippen LogP contribution in [0.5, 0.6) is 0 Å². The van der Waals surface area contributed by atoms with Crippen LogP contribution in [0.2, 0.25) is 5.02 Å². The fourth-order valence-corrected chi connectivity index (χ4v) is 3.19. The molecule has 0 N–H and O–H groups in total. The Balaban J connectivity index is 2.49. The topological polar surface area (TPSA) is 0 Å². The lowest BCUT2D eigenvalue weighted by molar-refractivity contribution is 0.624. The molecule has 2 aromatic carbocycles. The third-order valence-electron chi connectivity index (χ3n) is 3.24. The van der Waals surface area contributed by atoms with Gasteiger partial charge in [0.1, 0.15) is 5.82 Å². The number of aryl methyl sites for hydroxylation is 3. The van der Waals surface area contributed by atoms with Crippen LogP contribution in [0.15, 0.2) is 30.3 Å². The van der Waals surface area contributed by atoms with Gasteiger partial charge in [0.25, 0.3) is 0 Å². The lowest BCUT2D eigenvalue weighted by atomic mass is 9.99. The van der Waals surface area contributed by atoms with E-state index < -0.39 is 0 Å². The van der Waals surface area contributed by atoms with Crippen LogP contribution in [0, 0.1) is 26.6 Å². The highest BCUT2D eigenvalue weighted by atomic mass is 79.9. The Morgan fingerprint density at radius 1 is 1.00 bits per heavy atom. The van der Waals surface area contributed by atoms with Crippen LogP contribution in [0.1, 0.15) is 32.6 Å². The molecule has 3 heteroatoms. The van der Waals surface area contributed by atoms with E-state index in [2.05, 4.69) is 22.0 Å². The van der Waals surface area contributed by atoms with Crippen LogP contribution in [0.4, 0.5) is 4.39 Å². The summed E-state index contributed by atoms with van der Waals surface area (Å²) in [6.07, 6.45) is 0. The molecule has 0 radical (unpaired) electrons. The minimum atomic E-state index is -0.223. The first-order chi connectivity index (χ1) is 8.88. The van der Waals surface area contributed by atoms with Crippen molar-refractivity contribution in [2.75, 3.05) is 0 Å². The summed E-state index contributed by atoms with van der Waals surface area (Å²) in [7, 11) is 0. The van der Waals surface area contributed by atoms with E-state index in [-0.39, 0.29) is 10.6 Å². The Hall–Kier alpha value is -0.860. The Morgan fingerprint density at radius 2 is 1.63 bits per heavy atom. The maximum absolute atomic E-state index is 13.5. The van der Waals surface area contributed by atoms with Crippen LogP contribution < -0.4 is 0 Å². The van der Waals surface area contributed by atoms with Crippen LogP contribution >= 0.6 is 27.5 Å². The van der Waals surface area contributed by atoms with E-state index in [9.17, 15) is 4.39 Å². The third kappa shape index (κ3) is 3.18. The van der Waals surface area contributed by atoms with Gasteiger partial charge in [0.15, 0.2) is 0 Å². The molecule has 100 valence electrons. The van der Waals surface area contributed by atoms with Gasteiger partial charge in [-0.3, -0.25) is 0 Å². The van der Waals surface area contributed by atoms with Crippen molar-refractivity contribution in [2.45, 2.75) is 25.6 Å². The molecule has 0 saturated heterocycles. The van der Waals surface area contributed by atoms with Crippen molar-refractivity contribution in [1.82, 2.24) is 0 Å². The van der Waals surface area contributed by atoms with E-state index in [4.69, 9.17) is 11.6 Å². The highest BCUT2D eigenvalue weighted by Gasteiger charge is 2.16. The van der Waals surface area contributed by atoms with E-state index in [1.165, 1.54) is 17.7 Å². The van der Waals surface area contributed by atoms with Gasteiger partial charge in [-0.05, 0) is 66.8 Å². The number of halogens is 3. The summed E-state index contributed by atoms with van der Waals surface area (Å²) in [4.78, 5) is -0.103. The van der Waals surface area contributed by atoms with Gasteiger partial charge in [-0.15, -0.1) is 0 Å². The van der Waals surface area contributed by atoms with Gasteiger partial charge in [-0.2, -0.15) is 0 Å². The first-order valence-corrected chi connectivity index (χ1v) is 7.35. The van der Waals surface area contributed by atoms with Crippen molar-refractivity contribution in [2.24, 2.45) is 0 Å². The van der Waals surface area contributed by atoms with Gasteiger partial charge in [-0.25, -0.2) is 4.39 Å². The smallest absolute Gasteiger partial charge is 0.123 e. The van der Waals surface area contributed by atoms with Crippen molar-refractivity contribution in [1.29, 1.82) is 0 Å². The molecule has 1 unspecified atom stereocenters. The van der Waals surface area contributed by atoms with E-state index in [0.29, 0.717) is 5.02 Å². The van der Waals surface area contributed by atoms with E-state index in [1.54, 1.807) is 0 Å². The molecule has 0 saturated carbocycles. The molecule has 1 atom stereocenters. The monoisotopic (exact) mass is 340 g/mol. The van der Waals surface area contributed by atoms with Crippen molar-refractivity contribution >= 4 is 27.5 Å². The molecule has 0 fully saturated rings. The summed E-state index contributed by atoms with van der Waals surface area (Å²) in [6.45, 7) is 5.96. The van der Waals surface area contributed by atoms with E-state index in [0.717, 1.165) is 22.3 Å². The first-order valence-electron chi connectivity index (χ1n) is 6.06. The van der Waals surface area contributed by atoms with Gasteiger partial charge in [0, 0.05) is 5.02 Å². The Kier molecular flexibility index (Phi) is 4.32. The fourth-order valence-electron chi connectivity index (χ4n) is 2.09. The van der Waals surface area contributed by atoms with E-state index in [1.807, 2.05) is 32.9 Å². The number of alkyl halides is 1. The molecule has 2 rings (SSSR count). The number of hydrogen-bond acceptors (Lipinski definition) is 0. The third-order valence-corrected chi connectivity index (χ3v) is 4.59. The summed E-state index contributed by atoms with van der Waals surface area (Å²) >= 11 is 9.92. The normalized spacial score (nSPS) is 12.5. The van der Waals surface area contributed by atoms with Crippen molar-refractivity contribution in [3.05, 3.63) is 69.0 Å². The lowest BCUT2D eigenvalue weighted by Crippen LogP contribution is -1.97. The number of hydrogen-bond donors (Lipinski definition) is 0. The second-order valence-corrected chi connectivity index (χ2v) is 6.21. The van der Waals surface area contributed by atoms with Gasteiger partial charge in [-0.1, -0.05) is 39.7 Å². The molecule has 0 aliphatic carbocycles. The zero-order valence-electron chi connectivity index (χ0n) is 11.1. The summed E-state index contributed by atoms with van der Waals surface area (Å²) in [6, 6.07) is 9.03. The molecule has 0 aliphatic rings. The Morgan fingerprint density at radius 3 is 2.26 bits per heavy atom. The summed E-state index contributed by atoms with van der Waals surface area (Å²) in [5.74, 6) is -0.223. The molecule has 0 heterocycles. The van der Waals surface area contributed by atoms with Crippen molar-refractivity contribution in [3.8, 4) is 0 Å². The molecule has 0 spiro atoms. The minimum absolute atomic E-state index is 0.103. The van der Waals surface area contributed by atoms with Crippen molar-refractivity contribution in [3.63, 3.8) is 0 Å². The quantitative estimate of drug-likeness (QED) is 0.598. The number of benzene rings is 2. The predicted molar refractivity (Wildman–Crippen MR) is 82.8 cm³/mol. The van der Waals surface area contributed by atoms with Gasteiger partial charge in [0.2, 0.25) is 0 Å². The molecule has 19 heavy (non-hydrogen) atoms. The molecule has 0 bridgehead atoms. The first kappa shape index (κ1) is 14.5. The second-order valence-electron chi connectivity index (χ2n) is 4.88. The van der Waals surface area contributed by atoms with Gasteiger partial charge in [0.05, 0.1) is 4.83 Å². The molecule has 0 aromatic heterocycles. The van der Waals surface area contributed by atoms with Crippen LogP contribution in [-0.4, -0.2) is 0 Å². The molecule has 2 aromatic rings. The molecule has 0 nitrogen and oxygen atoms in total. The average Bonchev–Trinajstić information content (AvgIpc) is 2.31. The Labute approximate surface area is 126 Å². The Bertz CT molecular complexity index is 602. The largest absolute Gasteiger partial charge is 0.207 e. The van der Waals surface area contributed by atoms with Gasteiger partial charge >= 0.3 is 0 Å². The maximum atomic E-state index is 13.5. The number of rotatable bonds is 2. The predicted octanol–water partition coefficient (Wildman–Crippen LogP) is 5.89. The summed E-state index contributed by atoms with van der Waals surface area (Å²) in [5, 5.41) is 0.701. The summed E-state index contributed by atoms with van der Waals surface area (Å²) < 4.78 is 13.5. The molecular formula is C16H15BrClF. The van der Waals surface area contributed by atoms with Crippen molar-refractivity contribution < 1.29 is 4.39 Å². The minimum Gasteiger partial charge on any atom is -0.207 e. The maximum Gasteiger partial charge on any atom is 0.123 e.